The summed E-state index contributed by atoms with van der Waals surface area (Å²) < 4.78 is 30.4. The molecule has 0 spiro atoms. The van der Waals surface area contributed by atoms with Gasteiger partial charge in [-0.05, 0) is 81.9 Å². The Balaban J connectivity index is 1.22. The molecule has 2 nitrogen and oxygen atoms in total. The third kappa shape index (κ3) is 3.59. The van der Waals surface area contributed by atoms with Crippen LogP contribution >= 0.6 is 0 Å². The second kappa shape index (κ2) is 9.69. The van der Waals surface area contributed by atoms with Crippen molar-refractivity contribution >= 4 is 65.2 Å². The Labute approximate surface area is 270 Å². The molecule has 10 rings (SSSR count). The molecule has 0 N–H and O–H groups in total. The first-order valence-corrected chi connectivity index (χ1v) is 15.6. The third-order valence-corrected chi connectivity index (χ3v) is 9.48. The first-order valence-electron chi connectivity index (χ1n) is 17.1. The number of hydrogen-bond donors (Lipinski definition) is 0. The van der Waals surface area contributed by atoms with Crippen LogP contribution in [0.4, 0.5) is 0 Å². The fourth-order valence-electron chi connectivity index (χ4n) is 7.42. The lowest BCUT2D eigenvalue weighted by Crippen LogP contribution is -1.95. The zero-order valence-electron chi connectivity index (χ0n) is 27.8. The van der Waals surface area contributed by atoms with Gasteiger partial charge in [-0.3, -0.25) is 0 Å². The van der Waals surface area contributed by atoms with Gasteiger partial charge in [0.25, 0.3) is 0 Å². The van der Waals surface area contributed by atoms with Crippen LogP contribution < -0.4 is 0 Å². The van der Waals surface area contributed by atoms with Crippen molar-refractivity contribution in [3.05, 3.63) is 170 Å². The van der Waals surface area contributed by atoms with Gasteiger partial charge in [0.05, 0.1) is 31.9 Å². The van der Waals surface area contributed by atoms with Crippen molar-refractivity contribution in [1.29, 1.82) is 0 Å². The lowest BCUT2D eigenvalue weighted by molar-refractivity contribution is 1.18. The number of hydrogen-bond acceptors (Lipinski definition) is 0. The zero-order valence-corrected chi connectivity index (χ0v) is 24.8. The highest BCUT2D eigenvalue weighted by molar-refractivity contribution is 6.15. The maximum atomic E-state index is 8.87. The normalized spacial score (nSPS) is 12.8. The molecule has 0 fully saturated rings. The van der Waals surface area contributed by atoms with Gasteiger partial charge in [0.2, 0.25) is 0 Å². The van der Waals surface area contributed by atoms with Gasteiger partial charge in [-0.1, -0.05) is 115 Å². The molecule has 0 saturated carbocycles. The number of para-hydroxylation sites is 3. The molecule has 2 heteroatoms. The van der Waals surface area contributed by atoms with Crippen molar-refractivity contribution in [2.24, 2.45) is 0 Å². The second-order valence-corrected chi connectivity index (χ2v) is 11.9. The van der Waals surface area contributed by atoms with Crippen LogP contribution in [0.5, 0.6) is 0 Å². The number of benzene rings is 8. The van der Waals surface area contributed by atoms with Gasteiger partial charge in [0, 0.05) is 32.6 Å². The number of fused-ring (bicyclic) bond motifs is 9. The molecule has 0 aliphatic carbocycles. The quantitative estimate of drug-likeness (QED) is 0.182. The molecule has 0 bridgehead atoms. The predicted molar refractivity (Wildman–Crippen MR) is 196 cm³/mol. The number of nitrogens with zero attached hydrogens (tertiary/aromatic N) is 2. The molecule has 8 aromatic carbocycles. The van der Waals surface area contributed by atoms with Crippen LogP contribution in [0.1, 0.15) is 4.11 Å². The van der Waals surface area contributed by atoms with Gasteiger partial charge in [0.1, 0.15) is 0 Å². The summed E-state index contributed by atoms with van der Waals surface area (Å²) in [5.41, 5.74) is 8.55. The lowest BCUT2D eigenvalue weighted by Gasteiger charge is -2.13. The van der Waals surface area contributed by atoms with Gasteiger partial charge in [0.15, 0.2) is 0 Å². The van der Waals surface area contributed by atoms with Gasteiger partial charge < -0.3 is 9.13 Å². The second-order valence-electron chi connectivity index (χ2n) is 11.9. The Morgan fingerprint density at radius 3 is 1.72 bits per heavy atom. The lowest BCUT2D eigenvalue weighted by atomic mass is 10.00. The summed E-state index contributed by atoms with van der Waals surface area (Å²) in [6, 6.07) is 53.3. The van der Waals surface area contributed by atoms with E-state index in [0.29, 0.717) is 18.1 Å². The largest absolute Gasteiger partial charge is 0.309 e. The van der Waals surface area contributed by atoms with Crippen molar-refractivity contribution in [2.45, 2.75) is 0 Å². The maximum absolute atomic E-state index is 8.87. The van der Waals surface area contributed by atoms with Crippen molar-refractivity contribution in [2.75, 3.05) is 0 Å². The minimum atomic E-state index is 0.468. The topological polar surface area (TPSA) is 9.86 Å². The first-order chi connectivity index (χ1) is 24.0. The van der Waals surface area contributed by atoms with Crippen LogP contribution in [0.15, 0.2) is 170 Å². The van der Waals surface area contributed by atoms with Gasteiger partial charge in [-0.2, -0.15) is 0 Å². The molecular formula is C44H28N2. The zero-order chi connectivity index (χ0) is 32.8. The Kier molecular flexibility index (Phi) is 4.72. The standard InChI is InChI=1S/C44H28N2/c1-2-12-32(13-3-1)45-40-18-8-6-15-35(40)38-27-30(22-25-43(38)45)31-23-26-44-39(28-31)36-16-7-9-19-41(36)46(44)42-20-10-17-34-33-14-5-4-11-29(33)21-24-37(34)42/h1-28H/i6D,7D,21D. The van der Waals surface area contributed by atoms with Crippen LogP contribution in [0.25, 0.3) is 87.7 Å². The molecule has 0 aliphatic heterocycles. The highest BCUT2D eigenvalue weighted by Gasteiger charge is 2.17. The molecule has 0 radical (unpaired) electrons. The first kappa shape index (κ1) is 22.4. The van der Waals surface area contributed by atoms with E-state index in [1.807, 2.05) is 66.7 Å². The van der Waals surface area contributed by atoms with Crippen molar-refractivity contribution in [3.63, 3.8) is 0 Å². The van der Waals surface area contributed by atoms with Gasteiger partial charge in [-0.15, -0.1) is 0 Å². The van der Waals surface area contributed by atoms with Gasteiger partial charge >= 0.3 is 0 Å². The Morgan fingerprint density at radius 2 is 0.978 bits per heavy atom. The van der Waals surface area contributed by atoms with Crippen LogP contribution in [0, 0.1) is 0 Å². The van der Waals surface area contributed by atoms with E-state index >= 15 is 0 Å². The van der Waals surface area contributed by atoms with E-state index in [2.05, 4.69) is 94.1 Å². The Bertz CT molecular complexity index is 2970. The number of rotatable bonds is 3. The summed E-state index contributed by atoms with van der Waals surface area (Å²) in [4.78, 5) is 0. The van der Waals surface area contributed by atoms with E-state index < -0.39 is 0 Å². The average molecular weight is 588 g/mol. The fraction of sp³-hybridized carbons (Fsp3) is 0. The van der Waals surface area contributed by atoms with Crippen molar-refractivity contribution in [3.8, 4) is 22.5 Å². The summed E-state index contributed by atoms with van der Waals surface area (Å²) >= 11 is 0. The average Bonchev–Trinajstić information content (AvgIpc) is 3.63. The van der Waals surface area contributed by atoms with E-state index in [9.17, 15) is 0 Å². The van der Waals surface area contributed by atoms with E-state index in [1.54, 1.807) is 0 Å². The summed E-state index contributed by atoms with van der Waals surface area (Å²) in [6.45, 7) is 0. The smallest absolute Gasteiger partial charge is 0.0629 e. The molecule has 0 amide bonds. The molecule has 2 aromatic heterocycles. The predicted octanol–water partition coefficient (Wildman–Crippen LogP) is 11.9. The molecule has 0 aliphatic rings. The summed E-state index contributed by atoms with van der Waals surface area (Å²) in [5.74, 6) is 0. The molecule has 46 heavy (non-hydrogen) atoms. The molecular weight excluding hydrogens is 556 g/mol. The van der Waals surface area contributed by atoms with Crippen LogP contribution in [-0.4, -0.2) is 9.13 Å². The minimum absolute atomic E-state index is 0.468. The number of aromatic nitrogens is 2. The van der Waals surface area contributed by atoms with Crippen LogP contribution in [-0.2, 0) is 0 Å². The highest BCUT2D eigenvalue weighted by Crippen LogP contribution is 2.39. The van der Waals surface area contributed by atoms with E-state index in [0.717, 1.165) is 87.7 Å². The molecule has 2 heterocycles. The Hall–Kier alpha value is -6.12. The minimum Gasteiger partial charge on any atom is -0.309 e. The van der Waals surface area contributed by atoms with E-state index in [4.69, 9.17) is 4.11 Å². The van der Waals surface area contributed by atoms with Crippen LogP contribution in [0.3, 0.4) is 0 Å². The fourth-order valence-corrected chi connectivity index (χ4v) is 7.42. The van der Waals surface area contributed by atoms with Crippen LogP contribution in [0.2, 0.25) is 0 Å². The van der Waals surface area contributed by atoms with Gasteiger partial charge in [-0.25, -0.2) is 0 Å². The SMILES string of the molecule is [2H]c1ccc2c(c1)c1cc(-c3ccc4c(c3)c3cc([2H])ccc3n4-c3cccc4c3cc([2H])c3ccccc34)ccc1n2-c1ccccc1. The maximum Gasteiger partial charge on any atom is 0.0629 e. The summed E-state index contributed by atoms with van der Waals surface area (Å²) in [7, 11) is 0. The monoisotopic (exact) mass is 587 g/mol. The molecule has 214 valence electrons. The molecule has 0 atom stereocenters. The summed E-state index contributed by atoms with van der Waals surface area (Å²) in [5, 5.41) is 8.42. The Morgan fingerprint density at radius 1 is 0.370 bits per heavy atom. The van der Waals surface area contributed by atoms with E-state index in [1.165, 1.54) is 0 Å². The third-order valence-electron chi connectivity index (χ3n) is 9.48. The highest BCUT2D eigenvalue weighted by atomic mass is 15.0. The summed E-state index contributed by atoms with van der Waals surface area (Å²) in [6.07, 6.45) is 0. The van der Waals surface area contributed by atoms with Crippen molar-refractivity contribution < 1.29 is 4.11 Å². The molecule has 10 aromatic rings. The van der Waals surface area contributed by atoms with E-state index in [-0.39, 0.29) is 0 Å². The molecule has 0 saturated heterocycles. The molecule has 0 unspecified atom stereocenters. The van der Waals surface area contributed by atoms with Crippen molar-refractivity contribution in [1.82, 2.24) is 9.13 Å².